The zero-order valence-corrected chi connectivity index (χ0v) is 18.8. The largest absolute Gasteiger partial charge is 0.434 e. The highest BCUT2D eigenvalue weighted by atomic mass is 32.2. The predicted molar refractivity (Wildman–Crippen MR) is 112 cm³/mol. The number of ether oxygens (including phenoxy) is 1. The summed E-state index contributed by atoms with van der Waals surface area (Å²) in [6.07, 6.45) is 1.05. The molecule has 4 bridgehead atoms. The van der Waals surface area contributed by atoms with Crippen LogP contribution in [0.3, 0.4) is 0 Å². The number of halogens is 3. The minimum absolute atomic E-state index is 0.00899. The first-order chi connectivity index (χ1) is 15.5. The van der Waals surface area contributed by atoms with Crippen LogP contribution in [0.1, 0.15) is 30.3 Å². The minimum Gasteiger partial charge on any atom is -0.434 e. The maximum absolute atomic E-state index is 15.3. The highest BCUT2D eigenvalue weighted by Crippen LogP contribution is 2.37. The molecular formula is C21H23F3N4O4S. The number of aromatic nitrogens is 2. The summed E-state index contributed by atoms with van der Waals surface area (Å²) in [4.78, 5) is 22.4. The number of carbonyl (C=O) groups excluding carboxylic acids is 1. The number of sulfonamides is 1. The number of nitrogens with one attached hydrogen (secondary N) is 1. The van der Waals surface area contributed by atoms with E-state index in [0.29, 0.717) is 11.4 Å². The fraction of sp³-hybridized carbons (Fsp3) is 0.476. The Labute approximate surface area is 189 Å². The number of amides is 1. The Morgan fingerprint density at radius 1 is 1.30 bits per heavy atom. The molecule has 0 radical (unpaired) electrons. The van der Waals surface area contributed by atoms with E-state index in [2.05, 4.69) is 9.97 Å². The van der Waals surface area contributed by atoms with Crippen LogP contribution in [0.2, 0.25) is 0 Å². The van der Waals surface area contributed by atoms with Crippen LogP contribution in [0.15, 0.2) is 24.4 Å². The summed E-state index contributed by atoms with van der Waals surface area (Å²) < 4.78 is 77.2. The molecule has 2 aromatic rings. The maximum atomic E-state index is 15.3. The second-order valence-corrected chi connectivity index (χ2v) is 10.2. The summed E-state index contributed by atoms with van der Waals surface area (Å²) >= 11 is 0. The molecule has 1 amide bonds. The summed E-state index contributed by atoms with van der Waals surface area (Å²) in [6.45, 7) is 1.98. The number of benzene rings is 1. The van der Waals surface area contributed by atoms with Crippen LogP contribution < -0.4 is 9.46 Å². The number of rotatable bonds is 3. The van der Waals surface area contributed by atoms with E-state index in [1.54, 1.807) is 6.92 Å². The van der Waals surface area contributed by atoms with Gasteiger partial charge < -0.3 is 9.64 Å². The first kappa shape index (κ1) is 23.4. The molecule has 12 heteroatoms. The number of carbonyl (C=O) groups is 1. The van der Waals surface area contributed by atoms with Crippen molar-refractivity contribution in [3.63, 3.8) is 0 Å². The van der Waals surface area contributed by atoms with Gasteiger partial charge in [0.05, 0.1) is 29.7 Å². The normalized spacial score (nSPS) is 22.6. The first-order valence-corrected chi connectivity index (χ1v) is 12.1. The molecule has 33 heavy (non-hydrogen) atoms. The fourth-order valence-electron chi connectivity index (χ4n) is 4.03. The van der Waals surface area contributed by atoms with Gasteiger partial charge in [-0.05, 0) is 31.9 Å². The predicted octanol–water partition coefficient (Wildman–Crippen LogP) is 2.36. The molecule has 4 rings (SSSR count). The number of fused-ring (bicyclic) bond motifs is 5. The third-order valence-corrected chi connectivity index (χ3v) is 7.24. The molecule has 1 aromatic carbocycles. The van der Waals surface area contributed by atoms with Gasteiger partial charge in [0.2, 0.25) is 21.8 Å². The zero-order valence-electron chi connectivity index (χ0n) is 18.0. The van der Waals surface area contributed by atoms with Crippen molar-refractivity contribution in [3.05, 3.63) is 47.2 Å². The molecule has 178 valence electrons. The lowest BCUT2D eigenvalue weighted by atomic mass is 9.98. The molecule has 0 aliphatic carbocycles. The van der Waals surface area contributed by atoms with E-state index < -0.39 is 52.1 Å². The van der Waals surface area contributed by atoms with Crippen LogP contribution in [-0.4, -0.2) is 59.5 Å². The Morgan fingerprint density at radius 3 is 2.79 bits per heavy atom. The van der Waals surface area contributed by atoms with Gasteiger partial charge in [-0.2, -0.15) is 0 Å². The van der Waals surface area contributed by atoms with Gasteiger partial charge in [0.1, 0.15) is 6.04 Å². The lowest BCUT2D eigenvalue weighted by molar-refractivity contribution is -0.133. The van der Waals surface area contributed by atoms with Gasteiger partial charge in [-0.1, -0.05) is 12.1 Å². The molecule has 1 N–H and O–H groups in total. The summed E-state index contributed by atoms with van der Waals surface area (Å²) in [5.41, 5.74) is 0.805. The van der Waals surface area contributed by atoms with Gasteiger partial charge in [0, 0.05) is 19.0 Å². The van der Waals surface area contributed by atoms with Crippen LogP contribution in [0, 0.1) is 12.7 Å². The monoisotopic (exact) mass is 484 g/mol. The van der Waals surface area contributed by atoms with E-state index in [1.165, 1.54) is 31.3 Å². The summed E-state index contributed by atoms with van der Waals surface area (Å²) in [5, 5.41) is 0. The Bertz CT molecular complexity index is 1190. The number of hydrogen-bond acceptors (Lipinski definition) is 6. The average Bonchev–Trinajstić information content (AvgIpc) is 3.00. The SMILES string of the molecule is CCS(=O)(=O)N[C@@H]1[C@@H]2Cc3cccc(c3F)Oc3nc(cnc3C)CCC(=O)N2CC1(F)F. The van der Waals surface area contributed by atoms with Crippen molar-refractivity contribution in [2.75, 3.05) is 12.3 Å². The Balaban J connectivity index is 1.81. The molecular weight excluding hydrogens is 461 g/mol. The Hall–Kier alpha value is -2.73. The van der Waals surface area contributed by atoms with E-state index in [-0.39, 0.29) is 36.5 Å². The van der Waals surface area contributed by atoms with E-state index >= 15 is 4.39 Å². The van der Waals surface area contributed by atoms with Crippen molar-refractivity contribution in [3.8, 4) is 11.6 Å². The lowest BCUT2D eigenvalue weighted by Gasteiger charge is -2.28. The van der Waals surface area contributed by atoms with E-state index in [1.807, 2.05) is 4.72 Å². The minimum atomic E-state index is -4.03. The fourth-order valence-corrected chi connectivity index (χ4v) is 4.91. The van der Waals surface area contributed by atoms with Crippen molar-refractivity contribution in [2.45, 2.75) is 51.1 Å². The molecule has 0 spiro atoms. The Morgan fingerprint density at radius 2 is 2.06 bits per heavy atom. The molecule has 2 aliphatic rings. The number of nitrogens with zero attached hydrogens (tertiary/aromatic N) is 3. The maximum Gasteiger partial charge on any atom is 0.283 e. The molecule has 0 saturated carbocycles. The molecule has 1 saturated heterocycles. The van der Waals surface area contributed by atoms with Crippen LogP contribution in [0.25, 0.3) is 0 Å². The van der Waals surface area contributed by atoms with E-state index in [0.717, 1.165) is 4.90 Å². The third kappa shape index (κ3) is 4.67. The highest BCUT2D eigenvalue weighted by molar-refractivity contribution is 7.89. The smallest absolute Gasteiger partial charge is 0.283 e. The summed E-state index contributed by atoms with van der Waals surface area (Å²) in [6, 6.07) is 1.06. The second-order valence-electron chi connectivity index (χ2n) is 8.14. The molecule has 8 nitrogen and oxygen atoms in total. The number of aryl methyl sites for hydroxylation is 2. The van der Waals surface area contributed by atoms with Gasteiger partial charge in [-0.25, -0.2) is 31.3 Å². The molecule has 0 unspecified atom stereocenters. The van der Waals surface area contributed by atoms with Gasteiger partial charge in [-0.3, -0.25) is 9.78 Å². The van der Waals surface area contributed by atoms with Crippen molar-refractivity contribution < 1.29 is 31.1 Å². The van der Waals surface area contributed by atoms with Crippen LogP contribution in [0.5, 0.6) is 11.6 Å². The standard InChI is InChI=1S/C21H23F3N4O4S/c1-3-33(30,31)27-19-15-9-13-5-4-6-16(18(13)22)32-20-12(2)25-10-14(26-20)7-8-17(29)28(15)11-21(19,23)24/h4-6,10,15,19,27H,3,7-9,11H2,1-2H3/t15-,19+/m0/s1. The molecule has 3 heterocycles. The zero-order chi connectivity index (χ0) is 24.0. The summed E-state index contributed by atoms with van der Waals surface area (Å²) in [7, 11) is -4.03. The van der Waals surface area contributed by atoms with Crippen molar-refractivity contribution in [2.24, 2.45) is 0 Å². The third-order valence-electron chi connectivity index (χ3n) is 5.86. The number of alkyl halides is 2. The van der Waals surface area contributed by atoms with Gasteiger partial charge in [0.15, 0.2) is 11.6 Å². The molecule has 2 atom stereocenters. The first-order valence-electron chi connectivity index (χ1n) is 10.5. The topological polar surface area (TPSA) is 101 Å². The number of hydrogen-bond donors (Lipinski definition) is 1. The highest BCUT2D eigenvalue weighted by Gasteiger charge is 2.56. The van der Waals surface area contributed by atoms with Crippen LogP contribution in [-0.2, 0) is 27.7 Å². The summed E-state index contributed by atoms with van der Waals surface area (Å²) in [5.74, 6) is -5.46. The van der Waals surface area contributed by atoms with Crippen molar-refractivity contribution in [1.82, 2.24) is 19.6 Å². The molecule has 2 aliphatic heterocycles. The van der Waals surface area contributed by atoms with Gasteiger partial charge >= 0.3 is 0 Å². The van der Waals surface area contributed by atoms with E-state index in [4.69, 9.17) is 4.74 Å². The van der Waals surface area contributed by atoms with E-state index in [9.17, 15) is 22.0 Å². The van der Waals surface area contributed by atoms with Crippen LogP contribution >= 0.6 is 0 Å². The van der Waals surface area contributed by atoms with Gasteiger partial charge in [-0.15, -0.1) is 0 Å². The quantitative estimate of drug-likeness (QED) is 0.718. The second kappa shape index (κ2) is 8.56. The average molecular weight is 485 g/mol. The van der Waals surface area contributed by atoms with Gasteiger partial charge in [0.25, 0.3) is 5.92 Å². The Kier molecular flexibility index (Phi) is 6.08. The van der Waals surface area contributed by atoms with Crippen molar-refractivity contribution in [1.29, 1.82) is 0 Å². The van der Waals surface area contributed by atoms with Crippen molar-refractivity contribution >= 4 is 15.9 Å². The lowest BCUT2D eigenvalue weighted by Crippen LogP contribution is -2.52. The molecule has 1 fully saturated rings. The molecule has 1 aromatic heterocycles. The van der Waals surface area contributed by atoms with Crippen LogP contribution in [0.4, 0.5) is 13.2 Å².